The van der Waals surface area contributed by atoms with Crippen LogP contribution in [-0.4, -0.2) is 21.3 Å². The van der Waals surface area contributed by atoms with E-state index >= 15 is 0 Å². The molecule has 0 saturated carbocycles. The van der Waals surface area contributed by atoms with E-state index in [0.29, 0.717) is 5.92 Å². The van der Waals surface area contributed by atoms with Gasteiger partial charge in [0.2, 0.25) is 0 Å². The van der Waals surface area contributed by atoms with Gasteiger partial charge in [0.25, 0.3) is 0 Å². The molecule has 1 aliphatic rings. The lowest BCUT2D eigenvalue weighted by atomic mass is 9.97. The summed E-state index contributed by atoms with van der Waals surface area (Å²) in [5.41, 5.74) is 4.44. The summed E-state index contributed by atoms with van der Waals surface area (Å²) >= 11 is 0. The second kappa shape index (κ2) is 3.87. The monoisotopic (exact) mass is 228 g/mol. The predicted octanol–water partition coefficient (Wildman–Crippen LogP) is 2.40. The molecular weight excluding hydrogens is 212 g/mol. The van der Waals surface area contributed by atoms with Crippen molar-refractivity contribution in [3.63, 3.8) is 0 Å². The second-order valence-electron chi connectivity index (χ2n) is 4.65. The van der Waals surface area contributed by atoms with Crippen LogP contribution in [0.15, 0.2) is 24.5 Å². The highest BCUT2D eigenvalue weighted by Gasteiger charge is 2.18. The number of hydrogen-bond acceptors (Lipinski definition) is 3. The Bertz CT molecular complexity index is 544. The largest absolute Gasteiger partial charge is 0.384 e. The molecule has 0 saturated heterocycles. The van der Waals surface area contributed by atoms with Crippen molar-refractivity contribution < 1.29 is 0 Å². The van der Waals surface area contributed by atoms with Crippen molar-refractivity contribution in [3.05, 3.63) is 30.2 Å². The zero-order valence-electron chi connectivity index (χ0n) is 10.1. The Morgan fingerprint density at radius 1 is 1.41 bits per heavy atom. The average molecular weight is 228 g/mol. The van der Waals surface area contributed by atoms with Crippen molar-refractivity contribution in [2.24, 2.45) is 7.05 Å². The van der Waals surface area contributed by atoms with Crippen LogP contribution in [0, 0.1) is 0 Å². The Morgan fingerprint density at radius 3 is 3.06 bits per heavy atom. The van der Waals surface area contributed by atoms with Gasteiger partial charge in [-0.15, -0.1) is 0 Å². The van der Waals surface area contributed by atoms with Gasteiger partial charge in [0, 0.05) is 31.3 Å². The maximum atomic E-state index is 4.76. The number of rotatable bonds is 1. The summed E-state index contributed by atoms with van der Waals surface area (Å²) in [5, 5.41) is 7.58. The Balaban J connectivity index is 2.05. The third kappa shape index (κ3) is 1.79. The fraction of sp³-hybridized carbons (Fsp3) is 0.385. The Kier molecular flexibility index (Phi) is 2.35. The molecule has 0 spiro atoms. The van der Waals surface area contributed by atoms with Crippen LogP contribution < -0.4 is 5.32 Å². The van der Waals surface area contributed by atoms with Gasteiger partial charge in [0.05, 0.1) is 23.3 Å². The maximum absolute atomic E-state index is 4.76. The second-order valence-corrected chi connectivity index (χ2v) is 4.65. The van der Waals surface area contributed by atoms with Gasteiger partial charge in [0.15, 0.2) is 0 Å². The van der Waals surface area contributed by atoms with E-state index in [-0.39, 0.29) is 0 Å². The number of fused-ring (bicyclic) bond motifs is 1. The molecule has 4 heteroatoms. The highest BCUT2D eigenvalue weighted by atomic mass is 15.2. The lowest BCUT2D eigenvalue weighted by molar-refractivity contribution is 0.662. The fourth-order valence-corrected chi connectivity index (χ4v) is 2.27. The first-order chi connectivity index (χ1) is 8.24. The molecule has 0 aromatic carbocycles. The van der Waals surface area contributed by atoms with Gasteiger partial charge in [-0.3, -0.25) is 9.67 Å². The molecule has 0 bridgehead atoms. The first kappa shape index (κ1) is 10.3. The molecule has 0 radical (unpaired) electrons. The minimum Gasteiger partial charge on any atom is -0.384 e. The average Bonchev–Trinajstić information content (AvgIpc) is 2.76. The van der Waals surface area contributed by atoms with Crippen LogP contribution in [0.1, 0.15) is 25.0 Å². The van der Waals surface area contributed by atoms with E-state index in [2.05, 4.69) is 29.5 Å². The fourth-order valence-electron chi connectivity index (χ4n) is 2.27. The summed E-state index contributed by atoms with van der Waals surface area (Å²) in [5.74, 6) is 0.530. The minimum absolute atomic E-state index is 0.530. The summed E-state index contributed by atoms with van der Waals surface area (Å²) in [4.78, 5) is 4.76. The molecule has 2 aromatic rings. The number of pyridine rings is 1. The molecule has 1 N–H and O–H groups in total. The molecule has 1 aliphatic heterocycles. The number of hydrogen-bond donors (Lipinski definition) is 1. The number of nitrogens with one attached hydrogen (secondary N) is 1. The van der Waals surface area contributed by atoms with E-state index in [0.717, 1.165) is 24.2 Å². The first-order valence-electron chi connectivity index (χ1n) is 5.98. The number of aromatic nitrogens is 3. The van der Waals surface area contributed by atoms with Crippen molar-refractivity contribution in [2.45, 2.75) is 19.3 Å². The highest BCUT2D eigenvalue weighted by molar-refractivity contribution is 5.62. The van der Waals surface area contributed by atoms with Crippen molar-refractivity contribution in [1.82, 2.24) is 14.8 Å². The van der Waals surface area contributed by atoms with Crippen LogP contribution in [0.2, 0.25) is 0 Å². The highest BCUT2D eigenvalue weighted by Crippen LogP contribution is 2.31. The molecule has 0 amide bonds. The number of nitrogens with zero attached hydrogens (tertiary/aromatic N) is 3. The van der Waals surface area contributed by atoms with Gasteiger partial charge >= 0.3 is 0 Å². The molecule has 3 rings (SSSR count). The van der Waals surface area contributed by atoms with Gasteiger partial charge in [-0.2, -0.15) is 5.10 Å². The molecule has 2 aromatic heterocycles. The molecule has 0 fully saturated rings. The van der Waals surface area contributed by atoms with Gasteiger partial charge in [-0.1, -0.05) is 6.92 Å². The Hall–Kier alpha value is -1.84. The van der Waals surface area contributed by atoms with Gasteiger partial charge in [0.1, 0.15) is 0 Å². The molecule has 1 atom stereocenters. The van der Waals surface area contributed by atoms with Crippen molar-refractivity contribution in [1.29, 1.82) is 0 Å². The predicted molar refractivity (Wildman–Crippen MR) is 68.0 cm³/mol. The maximum Gasteiger partial charge on any atom is 0.0738 e. The van der Waals surface area contributed by atoms with Crippen molar-refractivity contribution in [2.75, 3.05) is 11.9 Å². The number of anilines is 1. The van der Waals surface area contributed by atoms with E-state index in [1.165, 1.54) is 11.4 Å². The molecule has 3 heterocycles. The van der Waals surface area contributed by atoms with Crippen LogP contribution in [-0.2, 0) is 7.05 Å². The normalized spacial score (nSPS) is 18.6. The standard InChI is InChI=1S/C13H16N4/c1-9-5-6-14-12-4-3-11(16-13(9)12)10-7-15-17(2)8-10/h3-4,7-9,14H,5-6H2,1-2H3. The molecule has 88 valence electrons. The molecular formula is C13H16N4. The summed E-state index contributed by atoms with van der Waals surface area (Å²) in [7, 11) is 1.92. The zero-order chi connectivity index (χ0) is 11.8. The summed E-state index contributed by atoms with van der Waals surface area (Å²) in [6.45, 7) is 3.28. The van der Waals surface area contributed by atoms with E-state index in [1.54, 1.807) is 4.68 Å². The summed E-state index contributed by atoms with van der Waals surface area (Å²) in [6, 6.07) is 4.18. The molecule has 4 nitrogen and oxygen atoms in total. The van der Waals surface area contributed by atoms with E-state index < -0.39 is 0 Å². The lowest BCUT2D eigenvalue weighted by Gasteiger charge is -2.23. The Morgan fingerprint density at radius 2 is 2.29 bits per heavy atom. The van der Waals surface area contributed by atoms with Crippen LogP contribution in [0.5, 0.6) is 0 Å². The molecule has 17 heavy (non-hydrogen) atoms. The van der Waals surface area contributed by atoms with Crippen LogP contribution in [0.4, 0.5) is 5.69 Å². The third-order valence-corrected chi connectivity index (χ3v) is 3.28. The van der Waals surface area contributed by atoms with Gasteiger partial charge in [-0.05, 0) is 18.6 Å². The zero-order valence-corrected chi connectivity index (χ0v) is 10.1. The molecule has 1 unspecified atom stereocenters. The smallest absolute Gasteiger partial charge is 0.0738 e. The van der Waals surface area contributed by atoms with E-state index in [1.807, 2.05) is 19.4 Å². The van der Waals surface area contributed by atoms with Gasteiger partial charge < -0.3 is 5.32 Å². The summed E-state index contributed by atoms with van der Waals surface area (Å²) < 4.78 is 1.80. The SMILES string of the molecule is CC1CCNc2ccc(-c3cnn(C)c3)nc21. The number of aryl methyl sites for hydroxylation is 1. The quantitative estimate of drug-likeness (QED) is 0.815. The topological polar surface area (TPSA) is 42.7 Å². The minimum atomic E-state index is 0.530. The van der Waals surface area contributed by atoms with Crippen LogP contribution in [0.25, 0.3) is 11.3 Å². The van der Waals surface area contributed by atoms with Crippen molar-refractivity contribution >= 4 is 5.69 Å². The summed E-state index contributed by atoms with van der Waals surface area (Å²) in [6.07, 6.45) is 5.00. The lowest BCUT2D eigenvalue weighted by Crippen LogP contribution is -2.16. The third-order valence-electron chi connectivity index (χ3n) is 3.28. The molecule has 0 aliphatic carbocycles. The van der Waals surface area contributed by atoms with E-state index in [4.69, 9.17) is 4.98 Å². The van der Waals surface area contributed by atoms with Gasteiger partial charge in [-0.25, -0.2) is 0 Å². The van der Waals surface area contributed by atoms with Crippen LogP contribution >= 0.6 is 0 Å². The first-order valence-corrected chi connectivity index (χ1v) is 5.98. The Labute approximate surface area is 101 Å². The van der Waals surface area contributed by atoms with Crippen molar-refractivity contribution in [3.8, 4) is 11.3 Å². The van der Waals surface area contributed by atoms with Crippen LogP contribution in [0.3, 0.4) is 0 Å². The van der Waals surface area contributed by atoms with E-state index in [9.17, 15) is 0 Å².